The van der Waals surface area contributed by atoms with E-state index in [0.29, 0.717) is 22.8 Å². The molecule has 0 aromatic heterocycles. The van der Waals surface area contributed by atoms with Crippen molar-refractivity contribution in [3.63, 3.8) is 0 Å². The fourth-order valence-electron chi connectivity index (χ4n) is 4.16. The minimum atomic E-state index is -0.126. The molecule has 2 fully saturated rings. The van der Waals surface area contributed by atoms with Gasteiger partial charge in [-0.2, -0.15) is 0 Å². The lowest BCUT2D eigenvalue weighted by Crippen LogP contribution is -2.49. The normalized spacial score (nSPS) is 50.4. The fraction of sp³-hybridized carbons (Fsp3) is 1.00. The number of nitrogens with zero attached hydrogens (tertiary/aromatic N) is 1. The maximum Gasteiger partial charge on any atom is 0.0734 e. The van der Waals surface area contributed by atoms with Crippen molar-refractivity contribution >= 4 is 0 Å². The van der Waals surface area contributed by atoms with Crippen LogP contribution in [0.15, 0.2) is 0 Å². The van der Waals surface area contributed by atoms with E-state index < -0.39 is 0 Å². The SMILES string of the molecule is CN(C)[C@@H]1[C@H](O)[C@@H]2CC[C@@]1(C)C2(C)C. The summed E-state index contributed by atoms with van der Waals surface area (Å²) in [6.45, 7) is 7.02. The highest BCUT2D eigenvalue weighted by Gasteiger charge is 2.66. The van der Waals surface area contributed by atoms with Gasteiger partial charge in [0.2, 0.25) is 0 Å². The van der Waals surface area contributed by atoms with Gasteiger partial charge in [0.1, 0.15) is 0 Å². The number of hydrogen-bond donors (Lipinski definition) is 1. The van der Waals surface area contributed by atoms with Crippen LogP contribution in [-0.4, -0.2) is 36.2 Å². The zero-order valence-corrected chi connectivity index (χ0v) is 10.0. The molecule has 0 aromatic carbocycles. The Bertz CT molecular complexity index is 249. The first-order chi connectivity index (χ1) is 6.32. The lowest BCUT2D eigenvalue weighted by atomic mass is 9.69. The van der Waals surface area contributed by atoms with Gasteiger partial charge in [-0.25, -0.2) is 0 Å². The maximum atomic E-state index is 10.3. The molecule has 2 nitrogen and oxygen atoms in total. The van der Waals surface area contributed by atoms with Gasteiger partial charge in [0.05, 0.1) is 6.10 Å². The molecule has 4 atom stereocenters. The van der Waals surface area contributed by atoms with Crippen LogP contribution in [0, 0.1) is 16.7 Å². The molecule has 0 saturated heterocycles. The Morgan fingerprint density at radius 2 is 1.79 bits per heavy atom. The number of rotatable bonds is 1. The summed E-state index contributed by atoms with van der Waals surface area (Å²) < 4.78 is 0. The van der Waals surface area contributed by atoms with Gasteiger partial charge in [-0.05, 0) is 43.7 Å². The molecule has 0 unspecified atom stereocenters. The molecule has 0 aromatic rings. The summed E-state index contributed by atoms with van der Waals surface area (Å²) in [7, 11) is 4.19. The van der Waals surface area contributed by atoms with Gasteiger partial charge in [0.25, 0.3) is 0 Å². The lowest BCUT2D eigenvalue weighted by Gasteiger charge is -2.42. The van der Waals surface area contributed by atoms with E-state index in [-0.39, 0.29) is 6.10 Å². The van der Waals surface area contributed by atoms with Crippen LogP contribution >= 0.6 is 0 Å². The van der Waals surface area contributed by atoms with Crippen molar-refractivity contribution in [1.29, 1.82) is 0 Å². The number of likely N-dealkylation sites (N-methyl/N-ethyl adjacent to an activating group) is 1. The van der Waals surface area contributed by atoms with Crippen molar-refractivity contribution in [1.82, 2.24) is 4.90 Å². The summed E-state index contributed by atoms with van der Waals surface area (Å²) in [6, 6.07) is 0.344. The maximum absolute atomic E-state index is 10.3. The summed E-state index contributed by atoms with van der Waals surface area (Å²) in [5.41, 5.74) is 0.585. The standard InChI is InChI=1S/C12H23NO/c1-11(2)8-6-7-12(11,3)10(9(8)14)13(4)5/h8-10,14H,6-7H2,1-5H3/t8-,9+,10+,12+/m0/s1. The van der Waals surface area contributed by atoms with Crippen molar-refractivity contribution in [3.05, 3.63) is 0 Å². The number of fused-ring (bicyclic) bond motifs is 2. The van der Waals surface area contributed by atoms with Crippen molar-refractivity contribution in [2.45, 2.75) is 45.8 Å². The average Bonchev–Trinajstić information content (AvgIpc) is 2.30. The van der Waals surface area contributed by atoms with Crippen LogP contribution in [-0.2, 0) is 0 Å². The first-order valence-corrected chi connectivity index (χ1v) is 5.67. The molecule has 0 radical (unpaired) electrons. The molecule has 0 heterocycles. The van der Waals surface area contributed by atoms with Gasteiger partial charge in [-0.15, -0.1) is 0 Å². The molecular formula is C12H23NO. The number of aliphatic hydroxyl groups excluding tert-OH is 1. The molecule has 2 aliphatic carbocycles. The van der Waals surface area contributed by atoms with E-state index in [1.54, 1.807) is 0 Å². The van der Waals surface area contributed by atoms with Crippen LogP contribution in [0.1, 0.15) is 33.6 Å². The van der Waals surface area contributed by atoms with E-state index in [1.807, 2.05) is 0 Å². The molecule has 0 aliphatic heterocycles. The van der Waals surface area contributed by atoms with E-state index in [4.69, 9.17) is 0 Å². The van der Waals surface area contributed by atoms with Crippen molar-refractivity contribution < 1.29 is 5.11 Å². The molecule has 2 heteroatoms. The summed E-state index contributed by atoms with van der Waals surface area (Å²) in [5.74, 6) is 0.500. The molecule has 0 amide bonds. The van der Waals surface area contributed by atoms with E-state index in [1.165, 1.54) is 12.8 Å². The third-order valence-corrected chi connectivity index (χ3v) is 5.32. The third kappa shape index (κ3) is 0.938. The Morgan fingerprint density at radius 3 is 2.07 bits per heavy atom. The summed E-state index contributed by atoms with van der Waals surface area (Å²) in [4.78, 5) is 2.21. The zero-order valence-electron chi connectivity index (χ0n) is 10.0. The van der Waals surface area contributed by atoms with Gasteiger partial charge in [-0.3, -0.25) is 0 Å². The molecule has 14 heavy (non-hydrogen) atoms. The van der Waals surface area contributed by atoms with Crippen LogP contribution < -0.4 is 0 Å². The van der Waals surface area contributed by atoms with Crippen LogP contribution in [0.25, 0.3) is 0 Å². The van der Waals surface area contributed by atoms with Gasteiger partial charge in [-0.1, -0.05) is 20.8 Å². The minimum absolute atomic E-state index is 0.126. The van der Waals surface area contributed by atoms with Crippen molar-refractivity contribution in [3.8, 4) is 0 Å². The molecule has 2 bridgehead atoms. The highest BCUT2D eigenvalue weighted by atomic mass is 16.3. The Kier molecular flexibility index (Phi) is 2.04. The van der Waals surface area contributed by atoms with Crippen LogP contribution in [0.5, 0.6) is 0 Å². The second-order valence-corrected chi connectivity index (χ2v) is 6.18. The van der Waals surface area contributed by atoms with Crippen LogP contribution in [0.2, 0.25) is 0 Å². The Balaban J connectivity index is 2.41. The molecular weight excluding hydrogens is 174 g/mol. The van der Waals surface area contributed by atoms with Gasteiger partial charge < -0.3 is 10.0 Å². The molecule has 0 spiro atoms. The average molecular weight is 197 g/mol. The zero-order chi connectivity index (χ0) is 10.7. The van der Waals surface area contributed by atoms with Gasteiger partial charge >= 0.3 is 0 Å². The van der Waals surface area contributed by atoms with E-state index in [2.05, 4.69) is 39.8 Å². The molecule has 2 rings (SSSR count). The number of hydrogen-bond acceptors (Lipinski definition) is 2. The molecule has 2 aliphatic rings. The molecule has 2 saturated carbocycles. The van der Waals surface area contributed by atoms with E-state index >= 15 is 0 Å². The van der Waals surface area contributed by atoms with Crippen molar-refractivity contribution in [2.75, 3.05) is 14.1 Å². The predicted molar refractivity (Wildman–Crippen MR) is 58.1 cm³/mol. The summed E-state index contributed by atoms with van der Waals surface area (Å²) in [6.07, 6.45) is 2.35. The Labute approximate surface area is 87.3 Å². The smallest absolute Gasteiger partial charge is 0.0734 e. The Morgan fingerprint density at radius 1 is 1.21 bits per heavy atom. The highest BCUT2D eigenvalue weighted by molar-refractivity contribution is 5.17. The lowest BCUT2D eigenvalue weighted by molar-refractivity contribution is 0.00558. The second-order valence-electron chi connectivity index (χ2n) is 6.18. The van der Waals surface area contributed by atoms with Gasteiger partial charge in [0.15, 0.2) is 0 Å². The minimum Gasteiger partial charge on any atom is -0.391 e. The highest BCUT2D eigenvalue weighted by Crippen LogP contribution is 2.66. The quantitative estimate of drug-likeness (QED) is 0.692. The summed E-state index contributed by atoms with van der Waals surface area (Å²) >= 11 is 0. The molecule has 1 N–H and O–H groups in total. The molecule has 82 valence electrons. The summed E-state index contributed by atoms with van der Waals surface area (Å²) in [5, 5.41) is 10.3. The number of aliphatic hydroxyl groups is 1. The van der Waals surface area contributed by atoms with Crippen molar-refractivity contribution in [2.24, 2.45) is 16.7 Å². The second kappa shape index (κ2) is 2.73. The topological polar surface area (TPSA) is 23.5 Å². The van der Waals surface area contributed by atoms with E-state index in [0.717, 1.165) is 0 Å². The first-order valence-electron chi connectivity index (χ1n) is 5.67. The monoisotopic (exact) mass is 197 g/mol. The first kappa shape index (κ1) is 10.4. The van der Waals surface area contributed by atoms with Crippen LogP contribution in [0.4, 0.5) is 0 Å². The Hall–Kier alpha value is -0.0800. The third-order valence-electron chi connectivity index (χ3n) is 5.32. The van der Waals surface area contributed by atoms with Crippen LogP contribution in [0.3, 0.4) is 0 Å². The van der Waals surface area contributed by atoms with E-state index in [9.17, 15) is 5.11 Å². The largest absolute Gasteiger partial charge is 0.391 e. The fourth-order valence-corrected chi connectivity index (χ4v) is 4.16. The van der Waals surface area contributed by atoms with Gasteiger partial charge in [0, 0.05) is 6.04 Å². The predicted octanol–water partition coefficient (Wildman–Crippen LogP) is 1.73.